The summed E-state index contributed by atoms with van der Waals surface area (Å²) in [7, 11) is 0.346. The Morgan fingerprint density at radius 2 is 1.50 bits per heavy atom. The fourth-order valence-corrected chi connectivity index (χ4v) is 4.29. The number of carbonyl (C=O) groups is 2. The van der Waals surface area contributed by atoms with Gasteiger partial charge in [0.15, 0.2) is 13.2 Å². The summed E-state index contributed by atoms with van der Waals surface area (Å²) < 4.78 is 60.2. The van der Waals surface area contributed by atoms with Crippen molar-refractivity contribution in [2.75, 3.05) is 38.8 Å². The van der Waals surface area contributed by atoms with Crippen LogP contribution in [0.15, 0.2) is 71.6 Å². The van der Waals surface area contributed by atoms with Crippen LogP contribution in [0.3, 0.4) is 0 Å². The van der Waals surface area contributed by atoms with Gasteiger partial charge in [0.1, 0.15) is 23.1 Å². The van der Waals surface area contributed by atoms with Crippen molar-refractivity contribution in [3.05, 3.63) is 78.1 Å². The molecule has 0 amide bonds. The van der Waals surface area contributed by atoms with Crippen molar-refractivity contribution >= 4 is 27.5 Å². The number of esters is 1. The number of methoxy groups -OCH3 is 2. The van der Waals surface area contributed by atoms with Crippen molar-refractivity contribution in [3.8, 4) is 17.2 Å². The quantitative estimate of drug-likeness (QED) is 0.281. The summed E-state index contributed by atoms with van der Waals surface area (Å²) in [5.74, 6) is -0.739. The summed E-state index contributed by atoms with van der Waals surface area (Å²) >= 11 is 0. The van der Waals surface area contributed by atoms with Gasteiger partial charge in [0.05, 0.1) is 30.4 Å². The molecule has 9 nitrogen and oxygen atoms in total. The first-order valence-corrected chi connectivity index (χ1v) is 12.0. The van der Waals surface area contributed by atoms with Gasteiger partial charge in [0.25, 0.3) is 10.0 Å². The minimum Gasteiger partial charge on any atom is -0.497 e. The first-order valence-electron chi connectivity index (χ1n) is 10.5. The van der Waals surface area contributed by atoms with Gasteiger partial charge in [-0.25, -0.2) is 17.6 Å². The maximum absolute atomic E-state index is 13.1. The molecule has 0 saturated heterocycles. The monoisotopic (exact) mass is 517 g/mol. The van der Waals surface area contributed by atoms with Crippen LogP contribution in [0.4, 0.5) is 10.1 Å². The average molecular weight is 518 g/mol. The van der Waals surface area contributed by atoms with E-state index in [1.54, 1.807) is 12.1 Å². The Morgan fingerprint density at radius 1 is 0.861 bits per heavy atom. The lowest BCUT2D eigenvalue weighted by Crippen LogP contribution is -2.26. The molecular formula is C25H24FNO8S. The third kappa shape index (κ3) is 6.30. The fourth-order valence-electron chi connectivity index (χ4n) is 3.10. The van der Waals surface area contributed by atoms with Crippen molar-refractivity contribution in [2.24, 2.45) is 0 Å². The SMILES string of the molecule is COc1ccc(OC)c(C(=O)COC(=O)COc2ccc(N(C)S(=O)(=O)c3ccc(F)cc3)cc2)c1. The summed E-state index contributed by atoms with van der Waals surface area (Å²) in [6.07, 6.45) is 0. The van der Waals surface area contributed by atoms with E-state index in [-0.39, 0.29) is 16.2 Å². The number of nitrogens with zero attached hydrogens (tertiary/aromatic N) is 1. The van der Waals surface area contributed by atoms with Gasteiger partial charge in [-0.15, -0.1) is 0 Å². The van der Waals surface area contributed by atoms with Gasteiger partial charge in [-0.3, -0.25) is 9.10 Å². The second-order valence-electron chi connectivity index (χ2n) is 7.36. The molecule has 0 spiro atoms. The van der Waals surface area contributed by atoms with E-state index < -0.39 is 40.8 Å². The molecule has 3 rings (SSSR count). The van der Waals surface area contributed by atoms with Crippen molar-refractivity contribution in [1.82, 2.24) is 0 Å². The number of rotatable bonds is 11. The molecule has 0 aliphatic carbocycles. The normalized spacial score (nSPS) is 10.9. The molecule has 190 valence electrons. The van der Waals surface area contributed by atoms with Gasteiger partial charge >= 0.3 is 5.97 Å². The molecule has 0 fully saturated rings. The predicted molar refractivity (Wildman–Crippen MR) is 129 cm³/mol. The van der Waals surface area contributed by atoms with Gasteiger partial charge in [-0.1, -0.05) is 0 Å². The largest absolute Gasteiger partial charge is 0.497 e. The second-order valence-corrected chi connectivity index (χ2v) is 9.33. The molecule has 0 atom stereocenters. The van der Waals surface area contributed by atoms with Crippen LogP contribution >= 0.6 is 0 Å². The summed E-state index contributed by atoms with van der Waals surface area (Å²) in [6.45, 7) is -0.984. The van der Waals surface area contributed by atoms with Gasteiger partial charge in [-0.2, -0.15) is 0 Å². The van der Waals surface area contributed by atoms with E-state index in [1.807, 2.05) is 0 Å². The first-order chi connectivity index (χ1) is 17.1. The van der Waals surface area contributed by atoms with Gasteiger partial charge in [0, 0.05) is 7.05 Å². The number of benzene rings is 3. The van der Waals surface area contributed by atoms with Crippen molar-refractivity contribution in [1.29, 1.82) is 0 Å². The van der Waals surface area contributed by atoms with E-state index in [0.717, 1.165) is 16.4 Å². The molecule has 0 aromatic heterocycles. The van der Waals surface area contributed by atoms with Gasteiger partial charge in [0.2, 0.25) is 5.78 Å². The van der Waals surface area contributed by atoms with Gasteiger partial charge in [-0.05, 0) is 66.7 Å². The van der Waals surface area contributed by atoms with E-state index in [1.165, 1.54) is 63.7 Å². The highest BCUT2D eigenvalue weighted by atomic mass is 32.2. The lowest BCUT2D eigenvalue weighted by molar-refractivity contribution is -0.144. The molecule has 0 bridgehead atoms. The smallest absolute Gasteiger partial charge is 0.344 e. The Balaban J connectivity index is 1.55. The summed E-state index contributed by atoms with van der Waals surface area (Å²) in [5, 5.41) is 0. The summed E-state index contributed by atoms with van der Waals surface area (Å²) in [5.41, 5.74) is 0.535. The van der Waals surface area contributed by atoms with E-state index in [4.69, 9.17) is 18.9 Å². The molecule has 0 aliphatic heterocycles. The minimum atomic E-state index is -3.89. The molecule has 36 heavy (non-hydrogen) atoms. The number of hydrogen-bond acceptors (Lipinski definition) is 8. The predicted octanol–water partition coefficient (Wildman–Crippen LogP) is 3.47. The van der Waals surface area contributed by atoms with Crippen LogP contribution in [0.1, 0.15) is 10.4 Å². The minimum absolute atomic E-state index is 0.0596. The first kappa shape index (κ1) is 26.5. The average Bonchev–Trinajstić information content (AvgIpc) is 2.90. The van der Waals surface area contributed by atoms with Gasteiger partial charge < -0.3 is 18.9 Å². The topological polar surface area (TPSA) is 108 Å². The highest BCUT2D eigenvalue weighted by molar-refractivity contribution is 7.92. The standard InChI is InChI=1S/C25H24FNO8S/c1-27(36(30,31)21-11-4-17(26)5-12-21)18-6-8-19(9-7-18)34-16-25(29)35-15-23(28)22-14-20(32-2)10-13-24(22)33-3/h4-14H,15-16H2,1-3H3. The zero-order valence-corrected chi connectivity index (χ0v) is 20.6. The molecule has 0 radical (unpaired) electrons. The number of carbonyl (C=O) groups excluding carboxylic acids is 2. The van der Waals surface area contributed by atoms with Crippen molar-refractivity contribution in [3.63, 3.8) is 0 Å². The maximum Gasteiger partial charge on any atom is 0.344 e. The third-order valence-electron chi connectivity index (χ3n) is 5.10. The molecule has 0 saturated carbocycles. The van der Waals surface area contributed by atoms with Crippen LogP contribution in [0.25, 0.3) is 0 Å². The molecule has 0 heterocycles. The number of Topliss-reactive ketones (excluding diaryl/α,β-unsaturated/α-hetero) is 1. The lowest BCUT2D eigenvalue weighted by Gasteiger charge is -2.19. The van der Waals surface area contributed by atoms with Crippen molar-refractivity contribution < 1.29 is 41.3 Å². The Bertz CT molecular complexity index is 1330. The van der Waals surface area contributed by atoms with Crippen LogP contribution in [0, 0.1) is 5.82 Å². The Kier molecular flexibility index (Phi) is 8.49. The van der Waals surface area contributed by atoms with Crippen LogP contribution in [-0.4, -0.2) is 54.7 Å². The molecule has 3 aromatic rings. The zero-order valence-electron chi connectivity index (χ0n) is 19.8. The zero-order chi connectivity index (χ0) is 26.3. The molecule has 0 aliphatic rings. The Hall–Kier alpha value is -4.12. The second kappa shape index (κ2) is 11.5. The van der Waals surface area contributed by atoms with E-state index >= 15 is 0 Å². The molecule has 11 heteroatoms. The highest BCUT2D eigenvalue weighted by Crippen LogP contribution is 2.26. The van der Waals surface area contributed by atoms with Crippen molar-refractivity contribution in [2.45, 2.75) is 4.90 Å². The maximum atomic E-state index is 13.1. The molecule has 0 N–H and O–H groups in total. The summed E-state index contributed by atoms with van der Waals surface area (Å²) in [4.78, 5) is 24.4. The van der Waals surface area contributed by atoms with E-state index in [9.17, 15) is 22.4 Å². The number of sulfonamides is 1. The van der Waals surface area contributed by atoms with Crippen LogP contribution in [0.2, 0.25) is 0 Å². The van der Waals surface area contributed by atoms with Crippen LogP contribution in [0.5, 0.6) is 17.2 Å². The molecule has 3 aromatic carbocycles. The van der Waals surface area contributed by atoms with Crippen LogP contribution < -0.4 is 18.5 Å². The number of anilines is 1. The molecule has 0 unspecified atom stereocenters. The number of ketones is 1. The van der Waals surface area contributed by atoms with E-state index in [2.05, 4.69) is 0 Å². The number of ether oxygens (including phenoxy) is 4. The Labute approximate surface area is 208 Å². The van der Waals surface area contributed by atoms with Crippen LogP contribution in [-0.2, 0) is 19.6 Å². The highest BCUT2D eigenvalue weighted by Gasteiger charge is 2.21. The van der Waals surface area contributed by atoms with E-state index in [0.29, 0.717) is 17.2 Å². The molecular weight excluding hydrogens is 493 g/mol. The third-order valence-corrected chi connectivity index (χ3v) is 6.90. The lowest BCUT2D eigenvalue weighted by atomic mass is 10.1. The fraction of sp³-hybridized carbons (Fsp3) is 0.200. The Morgan fingerprint density at radius 3 is 2.11 bits per heavy atom. The number of hydrogen-bond donors (Lipinski definition) is 0. The number of halogens is 1. The summed E-state index contributed by atoms with van der Waals surface area (Å²) in [6, 6.07) is 15.1.